The first-order chi connectivity index (χ1) is 13.0. The Balaban J connectivity index is 1.50. The third-order valence-corrected chi connectivity index (χ3v) is 4.78. The molecule has 0 radical (unpaired) electrons. The summed E-state index contributed by atoms with van der Waals surface area (Å²) in [5, 5.41) is 0. The maximum atomic E-state index is 13.6. The molecule has 0 spiro atoms. The molecule has 2 heterocycles. The molecule has 2 aromatic heterocycles. The Morgan fingerprint density at radius 1 is 1.04 bits per heavy atom. The smallest absolute Gasteiger partial charge is 0.224 e. The summed E-state index contributed by atoms with van der Waals surface area (Å²) in [6.45, 7) is 4.27. The molecule has 2 atom stereocenters. The van der Waals surface area contributed by atoms with Crippen LogP contribution in [0.1, 0.15) is 29.4 Å². The van der Waals surface area contributed by atoms with Gasteiger partial charge in [0, 0.05) is 29.9 Å². The predicted octanol–water partition coefficient (Wildman–Crippen LogP) is 4.62. The van der Waals surface area contributed by atoms with Crippen LogP contribution >= 0.6 is 0 Å². The van der Waals surface area contributed by atoms with Gasteiger partial charge in [-0.2, -0.15) is 4.98 Å². The molecule has 0 amide bonds. The highest BCUT2D eigenvalue weighted by atomic mass is 19.2. The zero-order valence-corrected chi connectivity index (χ0v) is 15.1. The Bertz CT molecular complexity index is 976. The van der Waals surface area contributed by atoms with Crippen molar-refractivity contribution in [1.82, 2.24) is 15.0 Å². The van der Waals surface area contributed by atoms with E-state index in [0.29, 0.717) is 41.3 Å². The van der Waals surface area contributed by atoms with Gasteiger partial charge in [0.2, 0.25) is 5.88 Å². The fourth-order valence-corrected chi connectivity index (χ4v) is 3.10. The van der Waals surface area contributed by atoms with Crippen LogP contribution in [0.2, 0.25) is 0 Å². The molecule has 1 fully saturated rings. The Labute approximate surface area is 156 Å². The van der Waals surface area contributed by atoms with Crippen molar-refractivity contribution in [3.8, 4) is 17.0 Å². The van der Waals surface area contributed by atoms with Gasteiger partial charge in [0.25, 0.3) is 0 Å². The number of rotatable bonds is 5. The van der Waals surface area contributed by atoms with E-state index in [4.69, 9.17) is 4.74 Å². The Hall–Kier alpha value is -2.89. The van der Waals surface area contributed by atoms with Crippen molar-refractivity contribution in [2.24, 2.45) is 5.92 Å². The molecule has 0 aliphatic heterocycles. The van der Waals surface area contributed by atoms with Gasteiger partial charge in [0.15, 0.2) is 11.6 Å². The van der Waals surface area contributed by atoms with Crippen LogP contribution in [0.25, 0.3) is 11.1 Å². The summed E-state index contributed by atoms with van der Waals surface area (Å²) in [7, 11) is 0. The van der Waals surface area contributed by atoms with Crippen molar-refractivity contribution in [2.75, 3.05) is 6.61 Å². The Morgan fingerprint density at radius 3 is 2.63 bits per heavy atom. The van der Waals surface area contributed by atoms with Gasteiger partial charge in [0.05, 0.1) is 12.2 Å². The van der Waals surface area contributed by atoms with Crippen LogP contribution in [0.15, 0.2) is 42.7 Å². The molecular weight excluding hydrogens is 348 g/mol. The first kappa shape index (κ1) is 17.5. The lowest BCUT2D eigenvalue weighted by molar-refractivity contribution is 0.285. The fraction of sp³-hybridized carbons (Fsp3) is 0.286. The molecule has 1 aliphatic rings. The number of pyridine rings is 1. The minimum atomic E-state index is -0.910. The Morgan fingerprint density at radius 2 is 1.89 bits per heavy atom. The SMILES string of the molecule is Cc1ccc(C2CC2COc2nc(C)ncc2-c2ccc(F)c(F)c2)nc1. The number of ether oxygens (including phenoxy) is 1. The molecule has 27 heavy (non-hydrogen) atoms. The molecule has 4 nitrogen and oxygen atoms in total. The van der Waals surface area contributed by atoms with E-state index in [1.54, 1.807) is 13.1 Å². The summed E-state index contributed by atoms with van der Waals surface area (Å²) < 4.78 is 32.8. The maximum absolute atomic E-state index is 13.6. The van der Waals surface area contributed by atoms with Crippen molar-refractivity contribution in [1.29, 1.82) is 0 Å². The molecule has 4 rings (SSSR count). The van der Waals surface area contributed by atoms with Crippen LogP contribution in [-0.4, -0.2) is 21.6 Å². The first-order valence-corrected chi connectivity index (χ1v) is 8.85. The standard InChI is InChI=1S/C21H19F2N3O/c1-12-3-6-20(25-9-12)16-7-15(16)11-27-21-17(10-24-13(2)26-21)14-4-5-18(22)19(23)8-14/h3-6,8-10,15-16H,7,11H2,1-2H3. The number of hydrogen-bond acceptors (Lipinski definition) is 4. The van der Waals surface area contributed by atoms with Gasteiger partial charge in [-0.15, -0.1) is 0 Å². The molecule has 138 valence electrons. The summed E-state index contributed by atoms with van der Waals surface area (Å²) in [6.07, 6.45) is 4.47. The molecule has 0 bridgehead atoms. The maximum Gasteiger partial charge on any atom is 0.224 e. The number of hydrogen-bond donors (Lipinski definition) is 0. The first-order valence-electron chi connectivity index (χ1n) is 8.85. The van der Waals surface area contributed by atoms with Gasteiger partial charge < -0.3 is 4.74 Å². The van der Waals surface area contributed by atoms with E-state index in [0.717, 1.165) is 29.8 Å². The minimum absolute atomic E-state index is 0.369. The van der Waals surface area contributed by atoms with Gasteiger partial charge in [-0.25, -0.2) is 13.8 Å². The van der Waals surface area contributed by atoms with Crippen molar-refractivity contribution < 1.29 is 13.5 Å². The third kappa shape index (κ3) is 3.79. The predicted molar refractivity (Wildman–Crippen MR) is 97.4 cm³/mol. The number of nitrogens with zero attached hydrogens (tertiary/aromatic N) is 3. The van der Waals surface area contributed by atoms with Crippen molar-refractivity contribution in [3.63, 3.8) is 0 Å². The summed E-state index contributed by atoms with van der Waals surface area (Å²) >= 11 is 0. The second kappa shape index (κ2) is 7.02. The lowest BCUT2D eigenvalue weighted by Crippen LogP contribution is -2.06. The van der Waals surface area contributed by atoms with Gasteiger partial charge in [-0.05, 0) is 49.6 Å². The second-order valence-corrected chi connectivity index (χ2v) is 6.94. The van der Waals surface area contributed by atoms with Gasteiger partial charge in [-0.3, -0.25) is 4.98 Å². The summed E-state index contributed by atoms with van der Waals surface area (Å²) in [4.78, 5) is 13.0. The van der Waals surface area contributed by atoms with Gasteiger partial charge in [0.1, 0.15) is 5.82 Å². The highest BCUT2D eigenvalue weighted by molar-refractivity contribution is 5.67. The monoisotopic (exact) mass is 367 g/mol. The number of halogens is 2. The van der Waals surface area contributed by atoms with Crippen LogP contribution < -0.4 is 4.74 Å². The van der Waals surface area contributed by atoms with E-state index >= 15 is 0 Å². The zero-order valence-electron chi connectivity index (χ0n) is 15.1. The van der Waals surface area contributed by atoms with E-state index in [1.807, 2.05) is 13.1 Å². The normalized spacial score (nSPS) is 18.4. The van der Waals surface area contributed by atoms with Crippen LogP contribution in [0.5, 0.6) is 5.88 Å². The van der Waals surface area contributed by atoms with E-state index in [2.05, 4.69) is 27.1 Å². The number of aryl methyl sites for hydroxylation is 2. The average Bonchev–Trinajstić information content (AvgIpc) is 3.43. The van der Waals surface area contributed by atoms with E-state index < -0.39 is 11.6 Å². The summed E-state index contributed by atoms with van der Waals surface area (Å²) in [5.74, 6) is -0.0965. The molecule has 6 heteroatoms. The molecule has 0 N–H and O–H groups in total. The quantitative estimate of drug-likeness (QED) is 0.660. The molecular formula is C21H19F2N3O. The topological polar surface area (TPSA) is 47.9 Å². The van der Waals surface area contributed by atoms with Crippen LogP contribution in [-0.2, 0) is 0 Å². The van der Waals surface area contributed by atoms with Crippen LogP contribution in [0.3, 0.4) is 0 Å². The Kier molecular flexibility index (Phi) is 4.56. The number of aromatic nitrogens is 3. The van der Waals surface area contributed by atoms with E-state index in [-0.39, 0.29) is 0 Å². The lowest BCUT2D eigenvalue weighted by atomic mass is 10.1. The number of benzene rings is 1. The highest BCUT2D eigenvalue weighted by Crippen LogP contribution is 2.47. The molecule has 3 aromatic rings. The molecule has 1 aliphatic carbocycles. The molecule has 2 unspecified atom stereocenters. The summed E-state index contributed by atoms with van der Waals surface area (Å²) in [6, 6.07) is 7.84. The highest BCUT2D eigenvalue weighted by Gasteiger charge is 2.40. The zero-order chi connectivity index (χ0) is 19.0. The molecule has 1 aromatic carbocycles. The van der Waals surface area contributed by atoms with Crippen LogP contribution in [0, 0.1) is 31.4 Å². The minimum Gasteiger partial charge on any atom is -0.477 e. The largest absolute Gasteiger partial charge is 0.477 e. The van der Waals surface area contributed by atoms with Crippen LogP contribution in [0.4, 0.5) is 8.78 Å². The van der Waals surface area contributed by atoms with Gasteiger partial charge >= 0.3 is 0 Å². The van der Waals surface area contributed by atoms with Gasteiger partial charge in [-0.1, -0.05) is 12.1 Å². The fourth-order valence-electron chi connectivity index (χ4n) is 3.10. The lowest BCUT2D eigenvalue weighted by Gasteiger charge is -2.11. The molecule has 1 saturated carbocycles. The van der Waals surface area contributed by atoms with Crippen molar-refractivity contribution in [2.45, 2.75) is 26.2 Å². The third-order valence-electron chi connectivity index (χ3n) is 4.78. The van der Waals surface area contributed by atoms with E-state index in [9.17, 15) is 8.78 Å². The van der Waals surface area contributed by atoms with Crippen molar-refractivity contribution >= 4 is 0 Å². The summed E-state index contributed by atoms with van der Waals surface area (Å²) in [5.41, 5.74) is 3.25. The second-order valence-electron chi connectivity index (χ2n) is 6.94. The van der Waals surface area contributed by atoms with Crippen molar-refractivity contribution in [3.05, 3.63) is 71.4 Å². The molecule has 0 saturated heterocycles. The van der Waals surface area contributed by atoms with E-state index in [1.165, 1.54) is 6.07 Å². The average molecular weight is 367 g/mol.